The fourth-order valence-corrected chi connectivity index (χ4v) is 4.54. The van der Waals surface area contributed by atoms with Crippen molar-refractivity contribution in [3.05, 3.63) is 73.9 Å². The highest BCUT2D eigenvalue weighted by Gasteiger charge is 2.10. The second-order valence-corrected chi connectivity index (χ2v) is 9.88. The van der Waals surface area contributed by atoms with Crippen molar-refractivity contribution in [2.45, 2.75) is 13.0 Å². The summed E-state index contributed by atoms with van der Waals surface area (Å²) in [6, 6.07) is 9.96. The van der Waals surface area contributed by atoms with E-state index in [0.717, 1.165) is 11.1 Å². The van der Waals surface area contributed by atoms with Crippen LogP contribution in [0.1, 0.15) is 20.1 Å². The minimum absolute atomic E-state index is 0.275. The average Bonchev–Trinajstić information content (AvgIpc) is 3.26. The van der Waals surface area contributed by atoms with Gasteiger partial charge in [0.15, 0.2) is 4.80 Å². The summed E-state index contributed by atoms with van der Waals surface area (Å²) in [7, 11) is -3.23. The van der Waals surface area contributed by atoms with E-state index in [-0.39, 0.29) is 24.8 Å². The van der Waals surface area contributed by atoms with Crippen LogP contribution in [0.3, 0.4) is 0 Å². The van der Waals surface area contributed by atoms with Crippen molar-refractivity contribution in [1.82, 2.24) is 9.29 Å². The molecule has 2 heterocycles. The Balaban J connectivity index is 1.72. The minimum Gasteiger partial charge on any atom is -0.319 e. The second-order valence-electron chi connectivity index (χ2n) is 6.00. The predicted octanol–water partition coefficient (Wildman–Crippen LogP) is 2.63. The summed E-state index contributed by atoms with van der Waals surface area (Å²) >= 11 is 2.58. The largest absolute Gasteiger partial charge is 0.319 e. The maximum atomic E-state index is 13.9. The molecule has 0 aliphatic rings. The van der Waals surface area contributed by atoms with Gasteiger partial charge in [-0.15, -0.1) is 22.7 Å². The number of aromatic nitrogens is 1. The number of carbonyl (C=O) groups is 1. The van der Waals surface area contributed by atoms with Crippen LogP contribution in [0.5, 0.6) is 0 Å². The Kier molecular flexibility index (Phi) is 6.55. The van der Waals surface area contributed by atoms with E-state index < -0.39 is 10.0 Å². The highest BCUT2D eigenvalue weighted by Crippen LogP contribution is 2.18. The van der Waals surface area contributed by atoms with Gasteiger partial charge in [0, 0.05) is 28.6 Å². The van der Waals surface area contributed by atoms with Crippen molar-refractivity contribution in [3.63, 3.8) is 0 Å². The molecule has 0 saturated heterocycles. The molecular formula is C18H18FN3O3S3. The Morgan fingerprint density at radius 1 is 1.25 bits per heavy atom. The Morgan fingerprint density at radius 3 is 2.79 bits per heavy atom. The zero-order valence-electron chi connectivity index (χ0n) is 15.0. The van der Waals surface area contributed by atoms with Gasteiger partial charge < -0.3 is 4.57 Å². The fraction of sp³-hybridized carbons (Fsp3) is 0.222. The van der Waals surface area contributed by atoms with Gasteiger partial charge in [0.2, 0.25) is 10.0 Å². The summed E-state index contributed by atoms with van der Waals surface area (Å²) in [6.07, 6.45) is 3.37. The van der Waals surface area contributed by atoms with Gasteiger partial charge in [0.1, 0.15) is 5.82 Å². The van der Waals surface area contributed by atoms with Crippen LogP contribution in [0.2, 0.25) is 0 Å². The number of nitrogens with zero attached hydrogens (tertiary/aromatic N) is 2. The van der Waals surface area contributed by atoms with Gasteiger partial charge in [-0.3, -0.25) is 4.79 Å². The van der Waals surface area contributed by atoms with E-state index in [1.807, 2.05) is 0 Å². The third kappa shape index (κ3) is 5.68. The highest BCUT2D eigenvalue weighted by atomic mass is 32.2. The summed E-state index contributed by atoms with van der Waals surface area (Å²) in [5, 5.41) is 1.80. The minimum atomic E-state index is -3.23. The first-order valence-electron chi connectivity index (χ1n) is 8.31. The van der Waals surface area contributed by atoms with Crippen LogP contribution in [0, 0.1) is 5.82 Å². The van der Waals surface area contributed by atoms with Gasteiger partial charge in [-0.25, -0.2) is 17.5 Å². The Bertz CT molecular complexity index is 1150. The summed E-state index contributed by atoms with van der Waals surface area (Å²) in [5.74, 6) is -0.680. The molecule has 0 radical (unpaired) electrons. The van der Waals surface area contributed by atoms with Crippen molar-refractivity contribution in [1.29, 1.82) is 0 Å². The topological polar surface area (TPSA) is 80.5 Å². The number of sulfonamides is 1. The molecule has 0 atom stereocenters. The molecule has 0 bridgehead atoms. The lowest BCUT2D eigenvalue weighted by atomic mass is 10.2. The Morgan fingerprint density at radius 2 is 2.04 bits per heavy atom. The normalized spacial score (nSPS) is 12.4. The third-order valence-corrected chi connectivity index (χ3v) is 6.42. The molecule has 1 aromatic carbocycles. The van der Waals surface area contributed by atoms with Crippen molar-refractivity contribution >= 4 is 38.6 Å². The molecule has 3 aromatic rings. The van der Waals surface area contributed by atoms with Gasteiger partial charge >= 0.3 is 0 Å². The molecule has 0 saturated carbocycles. The number of thiazole rings is 1. The molecule has 6 nitrogen and oxygen atoms in total. The molecule has 0 unspecified atom stereocenters. The van der Waals surface area contributed by atoms with Gasteiger partial charge in [0.25, 0.3) is 5.91 Å². The molecule has 2 aromatic heterocycles. The molecule has 1 amide bonds. The molecule has 0 aliphatic heterocycles. The predicted molar refractivity (Wildman–Crippen MR) is 109 cm³/mol. The first-order chi connectivity index (χ1) is 13.3. The van der Waals surface area contributed by atoms with Crippen molar-refractivity contribution < 1.29 is 17.6 Å². The van der Waals surface area contributed by atoms with E-state index in [1.165, 1.54) is 28.7 Å². The number of carbonyl (C=O) groups excluding carboxylic acids is 1. The molecule has 1 N–H and O–H groups in total. The number of hydrogen-bond acceptors (Lipinski definition) is 5. The number of rotatable bonds is 7. The first kappa shape index (κ1) is 20.6. The van der Waals surface area contributed by atoms with Crippen molar-refractivity contribution in [2.75, 3.05) is 12.8 Å². The summed E-state index contributed by atoms with van der Waals surface area (Å²) in [5.41, 5.74) is 0.520. The molecule has 0 fully saturated rings. The number of thiophene rings is 1. The van der Waals surface area contributed by atoms with Crippen molar-refractivity contribution in [3.8, 4) is 0 Å². The van der Waals surface area contributed by atoms with E-state index in [4.69, 9.17) is 0 Å². The van der Waals surface area contributed by atoms with E-state index in [2.05, 4.69) is 9.71 Å². The smallest absolute Gasteiger partial charge is 0.289 e. The molecule has 3 rings (SSSR count). The second kappa shape index (κ2) is 8.91. The van der Waals surface area contributed by atoms with Crippen LogP contribution in [0.15, 0.2) is 53.0 Å². The van der Waals surface area contributed by atoms with Crippen LogP contribution >= 0.6 is 22.7 Å². The van der Waals surface area contributed by atoms with Crippen LogP contribution in [0.4, 0.5) is 4.39 Å². The van der Waals surface area contributed by atoms with Crippen LogP contribution in [-0.2, 0) is 23.0 Å². The highest BCUT2D eigenvalue weighted by molar-refractivity contribution is 7.88. The van der Waals surface area contributed by atoms with Gasteiger partial charge in [-0.05, 0) is 24.6 Å². The first-order valence-corrected chi connectivity index (χ1v) is 11.9. The Hall–Kier alpha value is -2.14. The monoisotopic (exact) mass is 439 g/mol. The molecule has 28 heavy (non-hydrogen) atoms. The lowest BCUT2D eigenvalue weighted by Crippen LogP contribution is -2.23. The van der Waals surface area contributed by atoms with Gasteiger partial charge in [-0.1, -0.05) is 18.2 Å². The average molecular weight is 440 g/mol. The van der Waals surface area contributed by atoms with E-state index >= 15 is 0 Å². The number of nitrogens with one attached hydrogen (secondary N) is 1. The van der Waals surface area contributed by atoms with Crippen LogP contribution in [-0.4, -0.2) is 31.7 Å². The molecular weight excluding hydrogens is 421 g/mol. The maximum absolute atomic E-state index is 13.9. The molecule has 10 heteroatoms. The Labute approximate surface area is 170 Å². The van der Waals surface area contributed by atoms with E-state index in [1.54, 1.807) is 46.5 Å². The quantitative estimate of drug-likeness (QED) is 0.615. The maximum Gasteiger partial charge on any atom is 0.289 e. The zero-order valence-corrected chi connectivity index (χ0v) is 17.4. The number of halogens is 1. The summed E-state index contributed by atoms with van der Waals surface area (Å²) in [4.78, 5) is 18.5. The summed E-state index contributed by atoms with van der Waals surface area (Å²) in [6.45, 7) is 0.562. The number of amides is 1. The number of benzene rings is 1. The van der Waals surface area contributed by atoms with Crippen molar-refractivity contribution in [2.24, 2.45) is 4.99 Å². The standard InChI is InChI=1S/C18H18FN3O3S3/c1-28(24,25)20-9-8-14-6-7-16(27-14)17(23)21-18-22(10-11-26-18)12-13-4-2-3-5-15(13)19/h2-7,10-11,20H,8-9,12H2,1H3. The molecule has 0 spiro atoms. The zero-order chi connectivity index (χ0) is 20.1. The van der Waals surface area contributed by atoms with E-state index in [9.17, 15) is 17.6 Å². The van der Waals surface area contributed by atoms with E-state index in [0.29, 0.717) is 21.7 Å². The lowest BCUT2D eigenvalue weighted by Gasteiger charge is -2.04. The lowest BCUT2D eigenvalue weighted by molar-refractivity contribution is 0.100. The summed E-state index contributed by atoms with van der Waals surface area (Å²) < 4.78 is 40.2. The van der Waals surface area contributed by atoms with Crippen LogP contribution in [0.25, 0.3) is 0 Å². The fourth-order valence-electron chi connectivity index (χ4n) is 2.45. The van der Waals surface area contributed by atoms with Gasteiger partial charge in [0.05, 0.1) is 17.7 Å². The van der Waals surface area contributed by atoms with Gasteiger partial charge in [-0.2, -0.15) is 4.99 Å². The SMILES string of the molecule is CS(=O)(=O)NCCc1ccc(C(=O)N=c2sccn2Cc2ccccc2F)s1. The third-order valence-electron chi connectivity index (χ3n) is 3.76. The number of hydrogen-bond donors (Lipinski definition) is 1. The molecule has 148 valence electrons. The van der Waals surface area contributed by atoms with Crippen LogP contribution < -0.4 is 9.52 Å². The molecule has 0 aliphatic carbocycles.